The predicted molar refractivity (Wildman–Crippen MR) is 67.1 cm³/mol. The number of rotatable bonds is 3. The highest BCUT2D eigenvalue weighted by Gasteiger charge is 2.15. The summed E-state index contributed by atoms with van der Waals surface area (Å²) in [4.78, 5) is 0. The minimum absolute atomic E-state index is 0.640. The second-order valence-corrected chi connectivity index (χ2v) is 4.99. The molecule has 5 heteroatoms. The van der Waals surface area contributed by atoms with E-state index >= 15 is 0 Å². The van der Waals surface area contributed by atoms with E-state index in [-0.39, 0.29) is 0 Å². The lowest BCUT2D eigenvalue weighted by molar-refractivity contribution is 0.512. The number of nitrogens with zero attached hydrogens (tertiary/aromatic N) is 3. The number of hydrogen-bond acceptors (Lipinski definition) is 3. The van der Waals surface area contributed by atoms with Crippen LogP contribution in [0, 0.1) is 0 Å². The van der Waals surface area contributed by atoms with E-state index in [1.165, 1.54) is 25.7 Å². The van der Waals surface area contributed by atoms with Crippen LogP contribution in [0.5, 0.6) is 0 Å². The van der Waals surface area contributed by atoms with Crippen molar-refractivity contribution in [2.75, 3.05) is 0 Å². The van der Waals surface area contributed by atoms with Crippen LogP contribution in [0.15, 0.2) is 18.3 Å². The molecule has 0 aromatic carbocycles. The molecule has 0 amide bonds. The van der Waals surface area contributed by atoms with Crippen LogP contribution < -0.4 is 5.32 Å². The molecule has 0 unspecified atom stereocenters. The highest BCUT2D eigenvalue weighted by atomic mass is 35.5. The molecule has 2 aromatic heterocycles. The number of hydrogen-bond donors (Lipinski definition) is 1. The Morgan fingerprint density at radius 1 is 1.29 bits per heavy atom. The average molecular weight is 251 g/mol. The predicted octanol–water partition coefficient (Wildman–Crippen LogP) is 2.41. The van der Waals surface area contributed by atoms with Gasteiger partial charge in [0.25, 0.3) is 0 Å². The van der Waals surface area contributed by atoms with Crippen molar-refractivity contribution in [3.05, 3.63) is 29.2 Å². The van der Waals surface area contributed by atoms with Crippen molar-refractivity contribution >= 4 is 17.2 Å². The van der Waals surface area contributed by atoms with Crippen molar-refractivity contribution in [3.8, 4) is 0 Å². The fraction of sp³-hybridized carbons (Fsp3) is 0.500. The van der Waals surface area contributed by atoms with Gasteiger partial charge in [-0.15, -0.1) is 10.2 Å². The summed E-state index contributed by atoms with van der Waals surface area (Å²) in [6.45, 7) is 0.756. The van der Waals surface area contributed by atoms with E-state index in [1.807, 2.05) is 22.7 Å². The summed E-state index contributed by atoms with van der Waals surface area (Å²) in [6.07, 6.45) is 7.09. The molecule has 0 bridgehead atoms. The van der Waals surface area contributed by atoms with Crippen LogP contribution in [-0.4, -0.2) is 20.6 Å². The molecular formula is C12H15ClN4. The molecule has 17 heavy (non-hydrogen) atoms. The maximum absolute atomic E-state index is 5.98. The summed E-state index contributed by atoms with van der Waals surface area (Å²) in [5.74, 6) is 0.925. The van der Waals surface area contributed by atoms with Crippen LogP contribution >= 0.6 is 11.6 Å². The third-order valence-corrected chi connectivity index (χ3v) is 3.56. The number of nitrogens with one attached hydrogen (secondary N) is 1. The summed E-state index contributed by atoms with van der Waals surface area (Å²) in [7, 11) is 0. The minimum Gasteiger partial charge on any atom is -0.307 e. The lowest BCUT2D eigenvalue weighted by Gasteiger charge is -2.10. The second kappa shape index (κ2) is 4.63. The van der Waals surface area contributed by atoms with Crippen molar-refractivity contribution in [3.63, 3.8) is 0 Å². The molecule has 3 rings (SSSR count). The van der Waals surface area contributed by atoms with Crippen LogP contribution in [0.3, 0.4) is 0 Å². The van der Waals surface area contributed by atoms with Gasteiger partial charge in [0, 0.05) is 12.2 Å². The molecule has 0 saturated heterocycles. The Labute approximate surface area is 105 Å². The van der Waals surface area contributed by atoms with Gasteiger partial charge < -0.3 is 5.32 Å². The lowest BCUT2D eigenvalue weighted by Crippen LogP contribution is -2.26. The first-order chi connectivity index (χ1) is 8.33. The van der Waals surface area contributed by atoms with E-state index in [4.69, 9.17) is 11.6 Å². The number of aromatic nitrogens is 3. The standard InChI is InChI=1S/C12H15ClN4/c13-9-5-6-11-15-16-12(17(11)8-9)7-14-10-3-1-2-4-10/h5-6,8,10,14H,1-4,7H2. The molecule has 1 aliphatic carbocycles. The summed E-state index contributed by atoms with van der Waals surface area (Å²) in [5.41, 5.74) is 0.845. The minimum atomic E-state index is 0.640. The van der Waals surface area contributed by atoms with E-state index < -0.39 is 0 Å². The van der Waals surface area contributed by atoms with Crippen LogP contribution in [0.4, 0.5) is 0 Å². The van der Waals surface area contributed by atoms with Crippen LogP contribution in [-0.2, 0) is 6.54 Å². The molecule has 0 atom stereocenters. The highest BCUT2D eigenvalue weighted by Crippen LogP contribution is 2.18. The summed E-state index contributed by atoms with van der Waals surface area (Å²) in [6, 6.07) is 4.36. The second-order valence-electron chi connectivity index (χ2n) is 4.55. The molecular weight excluding hydrogens is 236 g/mol. The van der Waals surface area contributed by atoms with Crippen molar-refractivity contribution in [2.24, 2.45) is 0 Å². The molecule has 2 heterocycles. The third-order valence-electron chi connectivity index (χ3n) is 3.34. The van der Waals surface area contributed by atoms with Gasteiger partial charge in [0.15, 0.2) is 11.5 Å². The molecule has 0 spiro atoms. The molecule has 2 aromatic rings. The SMILES string of the molecule is Clc1ccc2nnc(CNC3CCCC3)n2c1. The van der Waals surface area contributed by atoms with Crippen LogP contribution in [0.25, 0.3) is 5.65 Å². The summed E-state index contributed by atoms with van der Waals surface area (Å²) in [5, 5.41) is 12.5. The van der Waals surface area contributed by atoms with Gasteiger partial charge in [0.2, 0.25) is 0 Å². The van der Waals surface area contributed by atoms with Gasteiger partial charge in [-0.3, -0.25) is 4.40 Å². The quantitative estimate of drug-likeness (QED) is 0.910. The third kappa shape index (κ3) is 2.28. The van der Waals surface area contributed by atoms with E-state index in [2.05, 4.69) is 15.5 Å². The Balaban J connectivity index is 1.77. The van der Waals surface area contributed by atoms with Gasteiger partial charge in [0.1, 0.15) is 0 Å². The van der Waals surface area contributed by atoms with Gasteiger partial charge in [-0.2, -0.15) is 0 Å². The first-order valence-corrected chi connectivity index (χ1v) is 6.43. The van der Waals surface area contributed by atoms with Crippen LogP contribution in [0.2, 0.25) is 5.02 Å². The maximum atomic E-state index is 5.98. The van der Waals surface area contributed by atoms with Gasteiger partial charge >= 0.3 is 0 Å². The van der Waals surface area contributed by atoms with Crippen molar-refractivity contribution in [2.45, 2.75) is 38.3 Å². The first-order valence-electron chi connectivity index (χ1n) is 6.05. The Morgan fingerprint density at radius 3 is 2.94 bits per heavy atom. The Kier molecular flexibility index (Phi) is 2.99. The largest absolute Gasteiger partial charge is 0.307 e. The zero-order valence-corrected chi connectivity index (χ0v) is 10.3. The molecule has 0 radical (unpaired) electrons. The molecule has 90 valence electrons. The van der Waals surface area contributed by atoms with Gasteiger partial charge in [-0.25, -0.2) is 0 Å². The maximum Gasteiger partial charge on any atom is 0.160 e. The average Bonchev–Trinajstić information content (AvgIpc) is 2.94. The zero-order valence-electron chi connectivity index (χ0n) is 9.56. The number of fused-ring (bicyclic) bond motifs is 1. The fourth-order valence-electron chi connectivity index (χ4n) is 2.40. The summed E-state index contributed by atoms with van der Waals surface area (Å²) >= 11 is 5.98. The smallest absolute Gasteiger partial charge is 0.160 e. The van der Waals surface area contributed by atoms with Gasteiger partial charge in [-0.1, -0.05) is 24.4 Å². The Hall–Kier alpha value is -1.13. The van der Waals surface area contributed by atoms with Crippen molar-refractivity contribution in [1.82, 2.24) is 19.9 Å². The monoisotopic (exact) mass is 250 g/mol. The molecule has 1 saturated carbocycles. The first kappa shape index (κ1) is 11.0. The molecule has 1 N–H and O–H groups in total. The van der Waals surface area contributed by atoms with E-state index in [0.29, 0.717) is 11.1 Å². The topological polar surface area (TPSA) is 42.2 Å². The van der Waals surface area contributed by atoms with Crippen molar-refractivity contribution in [1.29, 1.82) is 0 Å². The lowest BCUT2D eigenvalue weighted by atomic mass is 10.2. The van der Waals surface area contributed by atoms with Gasteiger partial charge in [-0.05, 0) is 25.0 Å². The Morgan fingerprint density at radius 2 is 2.12 bits per heavy atom. The van der Waals surface area contributed by atoms with Gasteiger partial charge in [0.05, 0.1) is 11.6 Å². The summed E-state index contributed by atoms with van der Waals surface area (Å²) < 4.78 is 1.95. The number of halogens is 1. The highest BCUT2D eigenvalue weighted by molar-refractivity contribution is 6.30. The molecule has 0 aliphatic heterocycles. The van der Waals surface area contributed by atoms with Crippen LogP contribution in [0.1, 0.15) is 31.5 Å². The zero-order chi connectivity index (χ0) is 11.7. The van der Waals surface area contributed by atoms with E-state index in [0.717, 1.165) is 18.0 Å². The molecule has 1 aliphatic rings. The fourth-order valence-corrected chi connectivity index (χ4v) is 2.56. The van der Waals surface area contributed by atoms with E-state index in [9.17, 15) is 0 Å². The normalized spacial score (nSPS) is 17.0. The Bertz CT molecular complexity index is 516. The van der Waals surface area contributed by atoms with E-state index in [1.54, 1.807) is 0 Å². The molecule has 4 nitrogen and oxygen atoms in total. The van der Waals surface area contributed by atoms with Crippen molar-refractivity contribution < 1.29 is 0 Å². The molecule has 1 fully saturated rings. The number of pyridine rings is 1.